The number of aliphatic hydroxyl groups is 1. The molecular formula is C8H16O4. The van der Waals surface area contributed by atoms with Crippen LogP contribution in [0.3, 0.4) is 0 Å². The van der Waals surface area contributed by atoms with Crippen LogP contribution in [-0.4, -0.2) is 23.3 Å². The first-order valence-electron chi connectivity index (χ1n) is 3.90. The van der Waals surface area contributed by atoms with Gasteiger partial charge in [0.05, 0.1) is 6.61 Å². The molecule has 4 heteroatoms. The molecular weight excluding hydrogens is 160 g/mol. The topological polar surface area (TPSA) is 55.8 Å². The lowest BCUT2D eigenvalue weighted by Gasteiger charge is -2.14. The monoisotopic (exact) mass is 176 g/mol. The molecule has 0 fully saturated rings. The van der Waals surface area contributed by atoms with Gasteiger partial charge in [-0.2, -0.15) is 4.89 Å². The first-order chi connectivity index (χ1) is 5.34. The summed E-state index contributed by atoms with van der Waals surface area (Å²) in [5, 5.41) is 9.10. The first-order valence-corrected chi connectivity index (χ1v) is 3.90. The molecule has 0 spiro atoms. The van der Waals surface area contributed by atoms with Crippen molar-refractivity contribution in [1.29, 1.82) is 0 Å². The van der Waals surface area contributed by atoms with Crippen LogP contribution in [0.15, 0.2) is 0 Å². The molecule has 1 N–H and O–H groups in total. The molecule has 0 aromatic rings. The molecule has 0 aliphatic carbocycles. The van der Waals surface area contributed by atoms with Crippen LogP contribution in [0, 0.1) is 5.92 Å². The van der Waals surface area contributed by atoms with E-state index in [1.54, 1.807) is 0 Å². The van der Waals surface area contributed by atoms with Gasteiger partial charge in [0.1, 0.15) is 0 Å². The van der Waals surface area contributed by atoms with Crippen LogP contribution in [0.2, 0.25) is 0 Å². The summed E-state index contributed by atoms with van der Waals surface area (Å²) in [6.45, 7) is 6.87. The Kier molecular flexibility index (Phi) is 4.20. The second kappa shape index (κ2) is 4.42. The Bertz CT molecular complexity index is 146. The molecule has 0 radical (unpaired) electrons. The van der Waals surface area contributed by atoms with Crippen molar-refractivity contribution in [2.24, 2.45) is 5.92 Å². The van der Waals surface area contributed by atoms with E-state index in [4.69, 9.17) is 5.11 Å². The van der Waals surface area contributed by atoms with Gasteiger partial charge >= 0.3 is 5.97 Å². The third-order valence-corrected chi connectivity index (χ3v) is 1.04. The van der Waals surface area contributed by atoms with Gasteiger partial charge in [-0.3, -0.25) is 4.89 Å². The van der Waals surface area contributed by atoms with Gasteiger partial charge < -0.3 is 5.11 Å². The number of carbonyl (C=O) groups excluding carboxylic acids is 1. The Labute approximate surface area is 72.4 Å². The van der Waals surface area contributed by atoms with Crippen LogP contribution in [0.5, 0.6) is 0 Å². The average Bonchev–Trinajstić information content (AvgIpc) is 1.84. The summed E-state index contributed by atoms with van der Waals surface area (Å²) in [4.78, 5) is 19.8. The van der Waals surface area contributed by atoms with Gasteiger partial charge in [0, 0.05) is 0 Å². The maximum absolute atomic E-state index is 10.8. The number of rotatable bonds is 4. The fourth-order valence-electron chi connectivity index (χ4n) is 0.326. The Morgan fingerprint density at radius 3 is 2.33 bits per heavy atom. The van der Waals surface area contributed by atoms with E-state index in [0.29, 0.717) is 12.5 Å². The molecule has 72 valence electrons. The molecule has 0 aromatic carbocycles. The minimum Gasteiger partial charge on any atom is -0.379 e. The zero-order valence-electron chi connectivity index (χ0n) is 7.96. The molecule has 4 nitrogen and oxygen atoms in total. The number of hydrogen-bond donors (Lipinski definition) is 1. The molecule has 0 aliphatic heterocycles. The highest BCUT2D eigenvalue weighted by Crippen LogP contribution is 2.04. The van der Waals surface area contributed by atoms with Crippen molar-refractivity contribution in [3.8, 4) is 0 Å². The highest BCUT2D eigenvalue weighted by atomic mass is 17.2. The van der Waals surface area contributed by atoms with E-state index < -0.39 is 11.6 Å². The molecule has 0 heterocycles. The molecule has 0 aliphatic rings. The summed E-state index contributed by atoms with van der Waals surface area (Å²) in [5.74, 6) is -0.484. The van der Waals surface area contributed by atoms with Gasteiger partial charge in [-0.05, 0) is 19.8 Å². The van der Waals surface area contributed by atoms with E-state index >= 15 is 0 Å². The highest BCUT2D eigenvalue weighted by molar-refractivity contribution is 5.77. The molecule has 0 saturated heterocycles. The molecule has 12 heavy (non-hydrogen) atoms. The molecule has 0 amide bonds. The molecule has 0 rings (SSSR count). The highest BCUT2D eigenvalue weighted by Gasteiger charge is 2.26. The van der Waals surface area contributed by atoms with Crippen molar-refractivity contribution < 1.29 is 19.7 Å². The lowest BCUT2D eigenvalue weighted by atomic mass is 10.1. The van der Waals surface area contributed by atoms with E-state index in [2.05, 4.69) is 9.78 Å². The summed E-state index contributed by atoms with van der Waals surface area (Å²) >= 11 is 0. The third-order valence-electron chi connectivity index (χ3n) is 1.04. The van der Waals surface area contributed by atoms with Crippen LogP contribution in [0.4, 0.5) is 0 Å². The minimum absolute atomic E-state index is 0.291. The summed E-state index contributed by atoms with van der Waals surface area (Å²) < 4.78 is 0. The maximum Gasteiger partial charge on any atom is 0.372 e. The van der Waals surface area contributed by atoms with Crippen LogP contribution in [-0.2, 0) is 14.6 Å². The van der Waals surface area contributed by atoms with Crippen molar-refractivity contribution >= 4 is 5.97 Å². The predicted molar refractivity (Wildman–Crippen MR) is 43.2 cm³/mol. The largest absolute Gasteiger partial charge is 0.379 e. The van der Waals surface area contributed by atoms with Crippen LogP contribution in [0.1, 0.15) is 27.7 Å². The van der Waals surface area contributed by atoms with Gasteiger partial charge in [-0.25, -0.2) is 4.79 Å². The minimum atomic E-state index is -1.49. The number of carbonyl (C=O) groups is 1. The predicted octanol–water partition coefficient (Wildman–Crippen LogP) is 0.888. The van der Waals surface area contributed by atoms with Crippen molar-refractivity contribution in [2.75, 3.05) is 6.61 Å². The van der Waals surface area contributed by atoms with Gasteiger partial charge in [0.2, 0.25) is 0 Å². The average molecular weight is 176 g/mol. The molecule has 0 aromatic heterocycles. The molecule has 0 bridgehead atoms. The molecule has 0 unspecified atom stereocenters. The Morgan fingerprint density at radius 1 is 1.50 bits per heavy atom. The normalized spacial score (nSPS) is 11.8. The Hall–Kier alpha value is -0.610. The maximum atomic E-state index is 10.8. The van der Waals surface area contributed by atoms with Crippen LogP contribution in [0.25, 0.3) is 0 Å². The van der Waals surface area contributed by atoms with Gasteiger partial charge in [0.15, 0.2) is 5.60 Å². The van der Waals surface area contributed by atoms with E-state index in [0.717, 1.165) is 0 Å². The Balaban J connectivity index is 3.59. The van der Waals surface area contributed by atoms with Gasteiger partial charge in [-0.1, -0.05) is 13.8 Å². The smallest absolute Gasteiger partial charge is 0.372 e. The summed E-state index contributed by atoms with van der Waals surface area (Å²) in [7, 11) is 0. The van der Waals surface area contributed by atoms with Crippen molar-refractivity contribution in [3.05, 3.63) is 0 Å². The van der Waals surface area contributed by atoms with E-state index in [-0.39, 0.29) is 0 Å². The fourth-order valence-corrected chi connectivity index (χ4v) is 0.326. The summed E-state index contributed by atoms with van der Waals surface area (Å²) in [6.07, 6.45) is 0. The first kappa shape index (κ1) is 11.4. The lowest BCUT2D eigenvalue weighted by molar-refractivity contribution is -0.287. The summed E-state index contributed by atoms with van der Waals surface area (Å²) in [6, 6.07) is 0. The van der Waals surface area contributed by atoms with Crippen LogP contribution < -0.4 is 0 Å². The molecule has 0 atom stereocenters. The third kappa shape index (κ3) is 5.09. The van der Waals surface area contributed by atoms with Crippen molar-refractivity contribution in [1.82, 2.24) is 0 Å². The quantitative estimate of drug-likeness (QED) is 0.510. The number of hydrogen-bond acceptors (Lipinski definition) is 4. The summed E-state index contributed by atoms with van der Waals surface area (Å²) in [5.41, 5.74) is -1.49. The second-order valence-electron chi connectivity index (χ2n) is 3.61. The SMILES string of the molecule is CC(C)COOC(=O)C(C)(C)O. The van der Waals surface area contributed by atoms with Crippen LogP contribution >= 0.6 is 0 Å². The Morgan fingerprint density at radius 2 is 2.00 bits per heavy atom. The fraction of sp³-hybridized carbons (Fsp3) is 0.875. The van der Waals surface area contributed by atoms with E-state index in [1.807, 2.05) is 13.8 Å². The molecule has 0 saturated carbocycles. The standard InChI is InChI=1S/C8H16O4/c1-6(2)5-11-12-7(9)8(3,4)10/h6,10H,5H2,1-4H3. The van der Waals surface area contributed by atoms with Crippen molar-refractivity contribution in [3.63, 3.8) is 0 Å². The van der Waals surface area contributed by atoms with Gasteiger partial charge in [-0.15, -0.1) is 0 Å². The second-order valence-corrected chi connectivity index (χ2v) is 3.61. The van der Waals surface area contributed by atoms with E-state index in [1.165, 1.54) is 13.8 Å². The zero-order valence-corrected chi connectivity index (χ0v) is 7.96. The lowest BCUT2D eigenvalue weighted by Crippen LogP contribution is -2.33. The van der Waals surface area contributed by atoms with Crippen molar-refractivity contribution in [2.45, 2.75) is 33.3 Å². The van der Waals surface area contributed by atoms with E-state index in [9.17, 15) is 4.79 Å². The van der Waals surface area contributed by atoms with Gasteiger partial charge in [0.25, 0.3) is 0 Å². The zero-order chi connectivity index (χ0) is 9.78.